The van der Waals surface area contributed by atoms with E-state index >= 15 is 0 Å². The lowest BCUT2D eigenvalue weighted by Crippen LogP contribution is -2.26. The summed E-state index contributed by atoms with van der Waals surface area (Å²) >= 11 is 6.07. The minimum absolute atomic E-state index is 0.0377. The van der Waals surface area contributed by atoms with Crippen LogP contribution < -0.4 is 4.74 Å². The number of benzene rings is 2. The maximum Gasteiger partial charge on any atom is 0.120 e. The highest BCUT2D eigenvalue weighted by molar-refractivity contribution is 6.31. The lowest BCUT2D eigenvalue weighted by atomic mass is 10.1. The molecular formula is C24H24ClNO3. The maximum atomic E-state index is 9.46. The highest BCUT2D eigenvalue weighted by atomic mass is 35.5. The first-order valence-corrected chi connectivity index (χ1v) is 10.3. The predicted molar refractivity (Wildman–Crippen MR) is 117 cm³/mol. The van der Waals surface area contributed by atoms with E-state index in [0.717, 1.165) is 27.9 Å². The SMILES string of the molecule is OCC(COc1cccc(C=Cc2ccc3ccc(Cl)cc3n2)c1)OCC1CC1. The highest BCUT2D eigenvalue weighted by Crippen LogP contribution is 2.29. The first-order chi connectivity index (χ1) is 14.2. The van der Waals surface area contributed by atoms with Crippen molar-refractivity contribution in [1.82, 2.24) is 4.98 Å². The molecule has 2 aromatic carbocycles. The molecule has 29 heavy (non-hydrogen) atoms. The van der Waals surface area contributed by atoms with Crippen LogP contribution in [0.3, 0.4) is 0 Å². The zero-order valence-corrected chi connectivity index (χ0v) is 16.9. The monoisotopic (exact) mass is 409 g/mol. The second-order valence-electron chi connectivity index (χ2n) is 7.37. The third-order valence-electron chi connectivity index (χ3n) is 4.88. The predicted octanol–water partition coefficient (Wildman–Crippen LogP) is 5.22. The van der Waals surface area contributed by atoms with E-state index in [9.17, 15) is 5.11 Å². The van der Waals surface area contributed by atoms with Crippen LogP contribution in [0.15, 0.2) is 54.6 Å². The van der Waals surface area contributed by atoms with Crippen LogP contribution in [0.25, 0.3) is 23.1 Å². The number of halogens is 1. The van der Waals surface area contributed by atoms with E-state index in [2.05, 4.69) is 4.98 Å². The molecule has 4 rings (SSSR count). The Morgan fingerprint density at radius 3 is 2.79 bits per heavy atom. The van der Waals surface area contributed by atoms with Gasteiger partial charge in [-0.2, -0.15) is 0 Å². The molecule has 150 valence electrons. The van der Waals surface area contributed by atoms with E-state index in [0.29, 0.717) is 24.2 Å². The molecule has 1 atom stereocenters. The molecule has 0 radical (unpaired) electrons. The molecule has 0 amide bonds. The van der Waals surface area contributed by atoms with Gasteiger partial charge in [0.2, 0.25) is 0 Å². The van der Waals surface area contributed by atoms with Gasteiger partial charge in [0, 0.05) is 10.4 Å². The summed E-state index contributed by atoms with van der Waals surface area (Å²) in [6, 6.07) is 17.5. The summed E-state index contributed by atoms with van der Waals surface area (Å²) in [4.78, 5) is 4.64. The molecule has 1 aromatic heterocycles. The minimum atomic E-state index is -0.288. The van der Waals surface area contributed by atoms with Gasteiger partial charge in [0.05, 0.1) is 24.4 Å². The molecule has 1 saturated carbocycles. The van der Waals surface area contributed by atoms with Gasteiger partial charge in [-0.15, -0.1) is 0 Å². The molecule has 3 aromatic rings. The summed E-state index contributed by atoms with van der Waals surface area (Å²) in [6.07, 6.45) is 6.13. The number of rotatable bonds is 9. The lowest BCUT2D eigenvalue weighted by molar-refractivity contribution is -0.0179. The minimum Gasteiger partial charge on any atom is -0.491 e. The largest absolute Gasteiger partial charge is 0.491 e. The van der Waals surface area contributed by atoms with Gasteiger partial charge in [-0.3, -0.25) is 0 Å². The fourth-order valence-corrected chi connectivity index (χ4v) is 3.15. The summed E-state index contributed by atoms with van der Waals surface area (Å²) in [5.74, 6) is 1.41. The third-order valence-corrected chi connectivity index (χ3v) is 5.12. The van der Waals surface area contributed by atoms with Crippen LogP contribution in [0.4, 0.5) is 0 Å². The van der Waals surface area contributed by atoms with E-state index in [1.165, 1.54) is 12.8 Å². The van der Waals surface area contributed by atoms with Gasteiger partial charge in [0.25, 0.3) is 0 Å². The number of aromatic nitrogens is 1. The van der Waals surface area contributed by atoms with Gasteiger partial charge in [0.15, 0.2) is 0 Å². The topological polar surface area (TPSA) is 51.6 Å². The van der Waals surface area contributed by atoms with Gasteiger partial charge < -0.3 is 14.6 Å². The average Bonchev–Trinajstić information content (AvgIpc) is 3.57. The number of hydrogen-bond donors (Lipinski definition) is 1. The fraction of sp³-hybridized carbons (Fsp3) is 0.292. The molecule has 1 aliphatic rings. The molecule has 1 unspecified atom stereocenters. The molecule has 1 aliphatic carbocycles. The maximum absolute atomic E-state index is 9.46. The summed E-state index contributed by atoms with van der Waals surface area (Å²) < 4.78 is 11.5. The Hall–Kier alpha value is -2.40. The zero-order chi connectivity index (χ0) is 20.1. The molecule has 0 spiro atoms. The standard InChI is InChI=1S/C24H24ClNO3/c25-20-9-7-19-8-11-21(26-24(19)13-20)10-6-17-2-1-3-22(12-17)29-16-23(14-27)28-15-18-4-5-18/h1-3,6-13,18,23,27H,4-5,14-16H2. The van der Waals surface area contributed by atoms with Crippen molar-refractivity contribution in [3.63, 3.8) is 0 Å². The van der Waals surface area contributed by atoms with Crippen LogP contribution in [0.1, 0.15) is 24.1 Å². The number of hydrogen-bond acceptors (Lipinski definition) is 4. The van der Waals surface area contributed by atoms with Gasteiger partial charge in [-0.1, -0.05) is 41.9 Å². The molecule has 1 heterocycles. The Kier molecular flexibility index (Phi) is 6.45. The second-order valence-corrected chi connectivity index (χ2v) is 7.81. The van der Waals surface area contributed by atoms with Crippen molar-refractivity contribution >= 4 is 34.7 Å². The Labute approximate surface area is 175 Å². The van der Waals surface area contributed by atoms with Crippen molar-refractivity contribution in [3.8, 4) is 5.75 Å². The van der Waals surface area contributed by atoms with E-state index < -0.39 is 0 Å². The number of aliphatic hydroxyl groups excluding tert-OH is 1. The first-order valence-electron chi connectivity index (χ1n) is 9.89. The van der Waals surface area contributed by atoms with Crippen molar-refractivity contribution in [3.05, 3.63) is 70.9 Å². The lowest BCUT2D eigenvalue weighted by Gasteiger charge is -2.16. The van der Waals surface area contributed by atoms with Crippen molar-refractivity contribution in [2.24, 2.45) is 5.92 Å². The number of fused-ring (bicyclic) bond motifs is 1. The number of ether oxygens (including phenoxy) is 2. The normalized spacial score (nSPS) is 15.1. The zero-order valence-electron chi connectivity index (χ0n) is 16.1. The van der Waals surface area contributed by atoms with Gasteiger partial charge >= 0.3 is 0 Å². The molecule has 0 bridgehead atoms. The van der Waals surface area contributed by atoms with E-state index in [1.807, 2.05) is 66.7 Å². The highest BCUT2D eigenvalue weighted by Gasteiger charge is 2.23. The van der Waals surface area contributed by atoms with Gasteiger partial charge in [-0.05, 0) is 60.7 Å². The fourth-order valence-electron chi connectivity index (χ4n) is 2.99. The van der Waals surface area contributed by atoms with E-state index in [4.69, 9.17) is 21.1 Å². The molecular weight excluding hydrogens is 386 g/mol. The Balaban J connectivity index is 1.38. The smallest absolute Gasteiger partial charge is 0.120 e. The van der Waals surface area contributed by atoms with Gasteiger partial charge in [0.1, 0.15) is 18.5 Å². The van der Waals surface area contributed by atoms with Crippen LogP contribution >= 0.6 is 11.6 Å². The Morgan fingerprint density at radius 2 is 1.97 bits per heavy atom. The van der Waals surface area contributed by atoms with E-state index in [-0.39, 0.29) is 12.7 Å². The van der Waals surface area contributed by atoms with Crippen molar-refractivity contribution in [2.75, 3.05) is 19.8 Å². The Morgan fingerprint density at radius 1 is 1.10 bits per heavy atom. The number of nitrogens with zero attached hydrogens (tertiary/aromatic N) is 1. The summed E-state index contributed by atoms with van der Waals surface area (Å²) in [7, 11) is 0. The molecule has 1 fully saturated rings. The average molecular weight is 410 g/mol. The van der Waals surface area contributed by atoms with Crippen molar-refractivity contribution in [2.45, 2.75) is 18.9 Å². The summed E-state index contributed by atoms with van der Waals surface area (Å²) in [6.45, 7) is 1.01. The van der Waals surface area contributed by atoms with Crippen molar-refractivity contribution < 1.29 is 14.6 Å². The van der Waals surface area contributed by atoms with Crippen LogP contribution in [-0.2, 0) is 4.74 Å². The van der Waals surface area contributed by atoms with Crippen LogP contribution in [0.2, 0.25) is 5.02 Å². The molecule has 0 saturated heterocycles. The van der Waals surface area contributed by atoms with Crippen LogP contribution in [0.5, 0.6) is 5.75 Å². The molecule has 4 nitrogen and oxygen atoms in total. The van der Waals surface area contributed by atoms with Crippen molar-refractivity contribution in [1.29, 1.82) is 0 Å². The van der Waals surface area contributed by atoms with E-state index in [1.54, 1.807) is 0 Å². The van der Waals surface area contributed by atoms with Gasteiger partial charge in [-0.25, -0.2) is 4.98 Å². The first kappa shape index (κ1) is 19.9. The molecule has 1 N–H and O–H groups in total. The van der Waals surface area contributed by atoms with Crippen LogP contribution in [0, 0.1) is 5.92 Å². The summed E-state index contributed by atoms with van der Waals surface area (Å²) in [5, 5.41) is 11.2. The number of aliphatic hydroxyl groups is 1. The quantitative estimate of drug-likeness (QED) is 0.526. The number of pyridine rings is 1. The third kappa shape index (κ3) is 5.80. The second kappa shape index (κ2) is 9.40. The molecule has 0 aliphatic heterocycles. The summed E-state index contributed by atoms with van der Waals surface area (Å²) in [5.41, 5.74) is 2.74. The molecule has 5 heteroatoms. The van der Waals surface area contributed by atoms with Crippen LogP contribution in [-0.4, -0.2) is 36.0 Å². The Bertz CT molecular complexity index is 1000.